The first-order chi connectivity index (χ1) is 26.6. The summed E-state index contributed by atoms with van der Waals surface area (Å²) in [4.78, 5) is 62.3. The molecule has 5 aromatic rings. The Morgan fingerprint density at radius 2 is 1.56 bits per heavy atom. The van der Waals surface area contributed by atoms with Crippen LogP contribution in [-0.4, -0.2) is 77.8 Å². The fourth-order valence-electron chi connectivity index (χ4n) is 6.50. The molecule has 14 nitrogen and oxygen atoms in total. The number of carboxylic acid groups (broad SMARTS) is 1. The van der Waals surface area contributed by atoms with E-state index in [1.54, 1.807) is 5.38 Å². The molecule has 1 saturated heterocycles. The van der Waals surface area contributed by atoms with E-state index in [4.69, 9.17) is 9.82 Å². The predicted octanol–water partition coefficient (Wildman–Crippen LogP) is 4.45. The van der Waals surface area contributed by atoms with Gasteiger partial charge >= 0.3 is 5.97 Å². The van der Waals surface area contributed by atoms with Gasteiger partial charge in [0.25, 0.3) is 11.8 Å². The van der Waals surface area contributed by atoms with E-state index >= 15 is 0 Å². The monoisotopic (exact) mass is 776 g/mol. The SMILES string of the molecule is CO/N=C(\C(=O)N[C@@H]1C(=O)N2C(C(=O)O)=C(C=Cc3cc(=O)c(O)cn3O)CS[C@H]12)c1csc(NC(c2ccccc2)(c2ccccc2)c2ccccc2)n1. The van der Waals surface area contributed by atoms with Gasteiger partial charge in [0.2, 0.25) is 5.43 Å². The second-order valence-corrected chi connectivity index (χ2v) is 14.3. The Labute approximate surface area is 321 Å². The van der Waals surface area contributed by atoms with Crippen LogP contribution in [0.1, 0.15) is 28.1 Å². The first kappa shape index (κ1) is 36.7. The molecule has 2 atom stereocenters. The first-order valence-corrected chi connectivity index (χ1v) is 18.6. The third-order valence-corrected chi connectivity index (χ3v) is 11.1. The zero-order valence-electron chi connectivity index (χ0n) is 28.9. The smallest absolute Gasteiger partial charge is 0.352 e. The lowest BCUT2D eigenvalue weighted by Gasteiger charge is -2.49. The molecular formula is C39H32N6O8S2. The zero-order valence-corrected chi connectivity index (χ0v) is 30.5. The van der Waals surface area contributed by atoms with Crippen molar-refractivity contribution in [3.63, 3.8) is 0 Å². The zero-order chi connectivity index (χ0) is 38.7. The van der Waals surface area contributed by atoms with E-state index in [0.29, 0.717) is 9.86 Å². The number of aliphatic carboxylic acids is 1. The van der Waals surface area contributed by atoms with E-state index in [2.05, 4.69) is 15.8 Å². The quantitative estimate of drug-likeness (QED) is 0.0395. The van der Waals surface area contributed by atoms with Crippen LogP contribution < -0.4 is 16.1 Å². The summed E-state index contributed by atoms with van der Waals surface area (Å²) in [6.45, 7) is 0. The van der Waals surface area contributed by atoms with Crippen LogP contribution in [0.5, 0.6) is 5.75 Å². The second kappa shape index (κ2) is 15.4. The van der Waals surface area contributed by atoms with E-state index < -0.39 is 45.9 Å². The van der Waals surface area contributed by atoms with Gasteiger partial charge in [-0.05, 0) is 28.3 Å². The number of hydrogen-bond donors (Lipinski definition) is 5. The van der Waals surface area contributed by atoms with Gasteiger partial charge in [-0.2, -0.15) is 4.73 Å². The number of benzene rings is 3. The maximum atomic E-state index is 13.8. The largest absolute Gasteiger partial charge is 0.503 e. The Morgan fingerprint density at radius 3 is 2.13 bits per heavy atom. The summed E-state index contributed by atoms with van der Waals surface area (Å²) in [6.07, 6.45) is 3.46. The van der Waals surface area contributed by atoms with E-state index in [9.17, 15) is 34.6 Å². The highest BCUT2D eigenvalue weighted by atomic mass is 32.2. The number of nitrogens with zero attached hydrogens (tertiary/aromatic N) is 4. The van der Waals surface area contributed by atoms with Crippen molar-refractivity contribution in [1.82, 2.24) is 19.9 Å². The number of fused-ring (bicyclic) bond motifs is 1. The number of hydrogen-bond acceptors (Lipinski definition) is 12. The number of aromatic nitrogens is 2. The molecule has 0 bridgehead atoms. The number of nitrogens with one attached hydrogen (secondary N) is 2. The summed E-state index contributed by atoms with van der Waals surface area (Å²) in [5, 5.41) is 41.4. The molecule has 1 fully saturated rings. The minimum Gasteiger partial charge on any atom is -0.503 e. The van der Waals surface area contributed by atoms with Crippen molar-refractivity contribution in [1.29, 1.82) is 0 Å². The maximum absolute atomic E-state index is 13.8. The summed E-state index contributed by atoms with van der Waals surface area (Å²) < 4.78 is 0.514. The lowest BCUT2D eigenvalue weighted by Crippen LogP contribution is -2.71. The second-order valence-electron chi connectivity index (χ2n) is 12.3. The minimum absolute atomic E-state index is 0.0246. The number of allylic oxidation sites excluding steroid dienone is 1. The number of thioether (sulfide) groups is 1. The molecule has 278 valence electrons. The van der Waals surface area contributed by atoms with Crippen LogP contribution in [0.2, 0.25) is 0 Å². The maximum Gasteiger partial charge on any atom is 0.352 e. The van der Waals surface area contributed by atoms with Crippen molar-refractivity contribution >= 4 is 57.8 Å². The van der Waals surface area contributed by atoms with Crippen LogP contribution in [0.4, 0.5) is 5.13 Å². The lowest BCUT2D eigenvalue weighted by atomic mass is 9.77. The number of carboxylic acids is 1. The molecule has 2 aliphatic rings. The number of pyridine rings is 1. The van der Waals surface area contributed by atoms with Gasteiger partial charge < -0.3 is 30.9 Å². The predicted molar refractivity (Wildman–Crippen MR) is 207 cm³/mol. The van der Waals surface area contributed by atoms with Crippen LogP contribution in [-0.2, 0) is 24.8 Å². The van der Waals surface area contributed by atoms with Crippen molar-refractivity contribution in [2.75, 3.05) is 18.2 Å². The van der Waals surface area contributed by atoms with Gasteiger partial charge in [0.1, 0.15) is 35.5 Å². The average molecular weight is 777 g/mol. The van der Waals surface area contributed by atoms with Crippen LogP contribution in [0, 0.1) is 0 Å². The number of thiazole rings is 1. The van der Waals surface area contributed by atoms with Crippen LogP contribution >= 0.6 is 23.1 Å². The van der Waals surface area contributed by atoms with E-state index in [1.165, 1.54) is 42.4 Å². The Hall–Kier alpha value is -6.65. The highest BCUT2D eigenvalue weighted by Gasteiger charge is 2.54. The number of oxime groups is 1. The van der Waals surface area contributed by atoms with Crippen LogP contribution in [0.15, 0.2) is 136 Å². The molecule has 7 rings (SSSR count). The molecule has 0 radical (unpaired) electrons. The Bertz CT molecular complexity index is 2320. The van der Waals surface area contributed by atoms with Crippen molar-refractivity contribution < 1.29 is 34.6 Å². The van der Waals surface area contributed by atoms with Crippen LogP contribution in [0.3, 0.4) is 0 Å². The molecule has 4 heterocycles. The number of anilines is 1. The molecule has 0 aliphatic carbocycles. The van der Waals surface area contributed by atoms with Crippen LogP contribution in [0.25, 0.3) is 6.08 Å². The lowest BCUT2D eigenvalue weighted by molar-refractivity contribution is -0.150. The number of aromatic hydroxyl groups is 1. The first-order valence-electron chi connectivity index (χ1n) is 16.7. The molecule has 5 N–H and O–H groups in total. The number of amides is 2. The molecule has 55 heavy (non-hydrogen) atoms. The van der Waals surface area contributed by atoms with Crippen molar-refractivity contribution in [2.45, 2.75) is 17.0 Å². The van der Waals surface area contributed by atoms with Crippen molar-refractivity contribution in [3.8, 4) is 5.75 Å². The summed E-state index contributed by atoms with van der Waals surface area (Å²) in [6, 6.07) is 29.7. The van der Waals surface area contributed by atoms with Gasteiger partial charge in [-0.15, -0.1) is 23.1 Å². The molecule has 0 saturated carbocycles. The summed E-state index contributed by atoms with van der Waals surface area (Å²) in [5.41, 5.74) is 1.13. The highest BCUT2D eigenvalue weighted by molar-refractivity contribution is 8.00. The highest BCUT2D eigenvalue weighted by Crippen LogP contribution is 2.42. The summed E-state index contributed by atoms with van der Waals surface area (Å²) in [7, 11) is 1.28. The van der Waals surface area contributed by atoms with Gasteiger partial charge in [-0.1, -0.05) is 102 Å². The van der Waals surface area contributed by atoms with Gasteiger partial charge in [0, 0.05) is 17.2 Å². The topological polar surface area (TPSA) is 196 Å². The fourth-order valence-corrected chi connectivity index (χ4v) is 8.57. The molecule has 2 aliphatic heterocycles. The third-order valence-electron chi connectivity index (χ3n) is 9.04. The van der Waals surface area contributed by atoms with Gasteiger partial charge in [0.05, 0.1) is 11.9 Å². The number of β-lactam (4-membered cyclic amide) rings is 1. The summed E-state index contributed by atoms with van der Waals surface area (Å²) >= 11 is 2.47. The summed E-state index contributed by atoms with van der Waals surface area (Å²) in [5.74, 6) is -3.33. The minimum atomic E-state index is -1.38. The molecule has 2 amide bonds. The van der Waals surface area contributed by atoms with Crippen molar-refractivity contribution in [3.05, 3.63) is 164 Å². The van der Waals surface area contributed by atoms with Gasteiger partial charge in [0.15, 0.2) is 16.6 Å². The number of carbonyl (C=O) groups is 3. The number of rotatable bonds is 12. The van der Waals surface area contributed by atoms with Crippen molar-refractivity contribution in [2.24, 2.45) is 5.16 Å². The Kier molecular flexibility index (Phi) is 10.3. The Balaban J connectivity index is 1.14. The normalized spacial score (nSPS) is 17.1. The van der Waals surface area contributed by atoms with Gasteiger partial charge in [-0.25, -0.2) is 9.78 Å². The number of carbonyl (C=O) groups excluding carboxylic acids is 2. The third kappa shape index (κ3) is 6.95. The van der Waals surface area contributed by atoms with Gasteiger partial charge in [-0.3, -0.25) is 19.3 Å². The molecule has 2 aromatic heterocycles. The Morgan fingerprint density at radius 1 is 0.964 bits per heavy atom. The standard InChI is InChI=1S/C39H32N6O8S2/c1-53-43-31(28-22-55-38(40-28)42-39(24-11-5-2-6-12-24,25-13-7-3-8-14-25)26-15-9-4-10-16-26)34(48)41-32-35(49)45-33(37(50)51)23(21-54-36(32)45)17-18-27-19-29(46)30(47)20-44(27)52/h2-20,22,32,36,47,52H,21H2,1H3,(H,40,42)(H,41,48)(H,50,51)/b18-17?,43-31-/t32-,36-/m1/s1. The molecule has 3 aromatic carbocycles. The molecule has 0 spiro atoms. The van der Waals surface area contributed by atoms with E-state index in [-0.39, 0.29) is 34.1 Å². The van der Waals surface area contributed by atoms with E-state index in [1.807, 2.05) is 91.0 Å². The average Bonchev–Trinajstić information content (AvgIpc) is 3.67. The molecule has 0 unspecified atom stereocenters. The molecule has 16 heteroatoms. The fraction of sp³-hybridized carbons (Fsp3) is 0.128. The van der Waals surface area contributed by atoms with E-state index in [0.717, 1.165) is 33.9 Å². The molecular weight excluding hydrogens is 745 g/mol.